The Hall–Kier alpha value is -2.89. The fourth-order valence-corrected chi connectivity index (χ4v) is 5.98. The molecular formula is C30H43N5O. The Kier molecular flexibility index (Phi) is 9.76. The van der Waals surface area contributed by atoms with E-state index in [2.05, 4.69) is 41.7 Å². The maximum absolute atomic E-state index is 11.2. The Bertz CT molecular complexity index is 955. The zero-order valence-corrected chi connectivity index (χ0v) is 21.8. The van der Waals surface area contributed by atoms with Crippen LogP contribution in [0.3, 0.4) is 0 Å². The van der Waals surface area contributed by atoms with Crippen LogP contribution in [0.5, 0.6) is 0 Å². The minimum absolute atomic E-state index is 0.182. The van der Waals surface area contributed by atoms with Gasteiger partial charge in [-0.3, -0.25) is 9.69 Å². The third-order valence-electron chi connectivity index (χ3n) is 8.08. The summed E-state index contributed by atoms with van der Waals surface area (Å²) in [4.78, 5) is 22.1. The van der Waals surface area contributed by atoms with Gasteiger partial charge in [-0.15, -0.1) is 0 Å². The van der Waals surface area contributed by atoms with E-state index in [1.807, 2.05) is 12.3 Å². The second kappa shape index (κ2) is 13.4. The number of rotatable bonds is 10. The highest BCUT2D eigenvalue weighted by Gasteiger charge is 2.26. The first-order valence-electron chi connectivity index (χ1n) is 13.9. The van der Waals surface area contributed by atoms with Crippen LogP contribution in [0.25, 0.3) is 11.1 Å². The van der Waals surface area contributed by atoms with Gasteiger partial charge in [0.15, 0.2) is 5.96 Å². The van der Waals surface area contributed by atoms with Crippen LogP contribution in [0.1, 0.15) is 77.0 Å². The number of carbonyl (C=O) groups excluding carboxylic acids is 1. The molecule has 2 fully saturated rings. The van der Waals surface area contributed by atoms with Gasteiger partial charge < -0.3 is 11.1 Å². The maximum Gasteiger partial charge on any atom is 0.216 e. The van der Waals surface area contributed by atoms with E-state index in [-0.39, 0.29) is 6.04 Å². The molecule has 0 radical (unpaired) electrons. The van der Waals surface area contributed by atoms with Gasteiger partial charge in [-0.2, -0.15) is 0 Å². The molecule has 36 heavy (non-hydrogen) atoms. The molecule has 2 aromatic rings. The first-order valence-corrected chi connectivity index (χ1v) is 13.9. The van der Waals surface area contributed by atoms with Crippen LogP contribution in [0, 0.1) is 11.8 Å². The SMILES string of the molecule is CN(C=O)C(N)=N[C@H](CCC1CCCCC1)C[C@H]1CCC[C@@H](Nc2ccc(-c3ccccc3)cn2)C1. The van der Waals surface area contributed by atoms with Crippen LogP contribution in [-0.2, 0) is 4.79 Å². The molecule has 0 aliphatic heterocycles. The van der Waals surface area contributed by atoms with Crippen molar-refractivity contribution in [2.75, 3.05) is 12.4 Å². The minimum atomic E-state index is 0.182. The minimum Gasteiger partial charge on any atom is -0.369 e. The number of anilines is 1. The molecule has 0 saturated heterocycles. The summed E-state index contributed by atoms with van der Waals surface area (Å²) in [7, 11) is 1.68. The fourth-order valence-electron chi connectivity index (χ4n) is 5.98. The number of hydrogen-bond donors (Lipinski definition) is 2. The topological polar surface area (TPSA) is 83.6 Å². The molecule has 1 amide bonds. The number of aliphatic imine (C=N–C) groups is 1. The second-order valence-corrected chi connectivity index (χ2v) is 10.8. The number of pyridine rings is 1. The molecule has 2 saturated carbocycles. The molecule has 3 N–H and O–H groups in total. The fraction of sp³-hybridized carbons (Fsp3) is 0.567. The van der Waals surface area contributed by atoms with Gasteiger partial charge >= 0.3 is 0 Å². The van der Waals surface area contributed by atoms with E-state index in [4.69, 9.17) is 15.7 Å². The Morgan fingerprint density at radius 2 is 1.83 bits per heavy atom. The van der Waals surface area contributed by atoms with Gasteiger partial charge in [0, 0.05) is 24.8 Å². The summed E-state index contributed by atoms with van der Waals surface area (Å²) in [5.41, 5.74) is 8.48. The van der Waals surface area contributed by atoms with Gasteiger partial charge in [-0.1, -0.05) is 75.3 Å². The summed E-state index contributed by atoms with van der Waals surface area (Å²) < 4.78 is 0. The van der Waals surface area contributed by atoms with Gasteiger partial charge in [0.1, 0.15) is 5.82 Å². The Morgan fingerprint density at radius 3 is 2.56 bits per heavy atom. The van der Waals surface area contributed by atoms with E-state index in [0.717, 1.165) is 43.0 Å². The normalized spacial score (nSPS) is 22.1. The number of benzene rings is 1. The number of carbonyl (C=O) groups is 1. The lowest BCUT2D eigenvalue weighted by Gasteiger charge is -2.32. The van der Waals surface area contributed by atoms with Crippen molar-refractivity contribution in [3.63, 3.8) is 0 Å². The molecule has 0 unspecified atom stereocenters. The molecule has 3 atom stereocenters. The third-order valence-corrected chi connectivity index (χ3v) is 8.08. The molecule has 194 valence electrons. The molecule has 0 bridgehead atoms. The van der Waals surface area contributed by atoms with Crippen molar-refractivity contribution >= 4 is 18.2 Å². The molecule has 1 aromatic heterocycles. The van der Waals surface area contributed by atoms with E-state index >= 15 is 0 Å². The van der Waals surface area contributed by atoms with E-state index < -0.39 is 0 Å². The number of nitrogens with one attached hydrogen (secondary N) is 1. The number of nitrogens with zero attached hydrogens (tertiary/aromatic N) is 3. The van der Waals surface area contributed by atoms with Crippen LogP contribution >= 0.6 is 0 Å². The van der Waals surface area contributed by atoms with Gasteiger partial charge in [0.05, 0.1) is 6.04 Å². The molecule has 6 nitrogen and oxygen atoms in total. The average Bonchev–Trinajstić information content (AvgIpc) is 2.93. The number of aromatic nitrogens is 1. The van der Waals surface area contributed by atoms with Crippen molar-refractivity contribution in [2.45, 2.75) is 89.1 Å². The van der Waals surface area contributed by atoms with Crippen molar-refractivity contribution in [1.29, 1.82) is 0 Å². The van der Waals surface area contributed by atoms with Gasteiger partial charge in [-0.25, -0.2) is 9.98 Å². The number of nitrogens with two attached hydrogens (primary N) is 1. The standard InChI is InChI=1S/C30H43N5O/c1-35(22-36)30(31)34-28(17-15-23-9-4-2-5-10-23)20-24-11-8-14-27(19-24)33-29-18-16-26(21-32-29)25-12-6-3-7-13-25/h3,6-7,12-13,16,18,21-24,27-28H,2,4-5,8-11,14-15,17,19-20H2,1H3,(H2,31,34)(H,32,33)/t24-,27+,28+/m0/s1. The molecule has 1 aromatic carbocycles. The zero-order valence-electron chi connectivity index (χ0n) is 21.8. The van der Waals surface area contributed by atoms with E-state index in [1.165, 1.54) is 68.3 Å². The van der Waals surface area contributed by atoms with Crippen molar-refractivity contribution in [3.05, 3.63) is 48.7 Å². The summed E-state index contributed by atoms with van der Waals surface area (Å²) in [6.07, 6.45) is 17.6. The Morgan fingerprint density at radius 1 is 1.06 bits per heavy atom. The summed E-state index contributed by atoms with van der Waals surface area (Å²) >= 11 is 0. The van der Waals surface area contributed by atoms with E-state index in [9.17, 15) is 4.79 Å². The lowest BCUT2D eigenvalue weighted by Crippen LogP contribution is -2.35. The van der Waals surface area contributed by atoms with Crippen LogP contribution < -0.4 is 11.1 Å². The van der Waals surface area contributed by atoms with E-state index in [1.54, 1.807) is 7.05 Å². The quantitative estimate of drug-likeness (QED) is 0.235. The number of hydrogen-bond acceptors (Lipinski definition) is 4. The van der Waals surface area contributed by atoms with E-state index in [0.29, 0.717) is 17.9 Å². The number of guanidine groups is 1. The molecular weight excluding hydrogens is 446 g/mol. The highest BCUT2D eigenvalue weighted by molar-refractivity contribution is 5.87. The van der Waals surface area contributed by atoms with Gasteiger partial charge in [-0.05, 0) is 61.6 Å². The van der Waals surface area contributed by atoms with Gasteiger partial charge in [0.25, 0.3) is 0 Å². The number of amides is 1. The third kappa shape index (κ3) is 7.81. The van der Waals surface area contributed by atoms with Crippen molar-refractivity contribution in [3.8, 4) is 11.1 Å². The largest absolute Gasteiger partial charge is 0.369 e. The Balaban J connectivity index is 1.34. The first-order chi connectivity index (χ1) is 17.6. The van der Waals surface area contributed by atoms with Crippen molar-refractivity contribution in [2.24, 2.45) is 22.6 Å². The molecule has 4 rings (SSSR count). The lowest BCUT2D eigenvalue weighted by atomic mass is 9.80. The van der Waals surface area contributed by atoms with Crippen LogP contribution in [0.2, 0.25) is 0 Å². The molecule has 0 spiro atoms. The highest BCUT2D eigenvalue weighted by Crippen LogP contribution is 2.33. The van der Waals surface area contributed by atoms with Crippen LogP contribution in [-0.4, -0.2) is 41.4 Å². The summed E-state index contributed by atoms with van der Waals surface area (Å²) in [5, 5.41) is 3.69. The van der Waals surface area contributed by atoms with Crippen molar-refractivity contribution in [1.82, 2.24) is 9.88 Å². The first kappa shape index (κ1) is 26.2. The van der Waals surface area contributed by atoms with Crippen LogP contribution in [0.4, 0.5) is 5.82 Å². The molecule has 2 aliphatic rings. The monoisotopic (exact) mass is 489 g/mol. The van der Waals surface area contributed by atoms with Crippen molar-refractivity contribution < 1.29 is 4.79 Å². The summed E-state index contributed by atoms with van der Waals surface area (Å²) in [6, 6.07) is 15.2. The predicted octanol–water partition coefficient (Wildman–Crippen LogP) is 6.24. The summed E-state index contributed by atoms with van der Waals surface area (Å²) in [5.74, 6) is 2.72. The highest BCUT2D eigenvalue weighted by atomic mass is 16.1. The predicted molar refractivity (Wildman–Crippen MR) is 149 cm³/mol. The zero-order chi connectivity index (χ0) is 25.2. The maximum atomic E-state index is 11.2. The average molecular weight is 490 g/mol. The molecule has 2 aliphatic carbocycles. The lowest BCUT2D eigenvalue weighted by molar-refractivity contribution is -0.114. The smallest absolute Gasteiger partial charge is 0.216 e. The second-order valence-electron chi connectivity index (χ2n) is 10.8. The molecule has 1 heterocycles. The summed E-state index contributed by atoms with van der Waals surface area (Å²) in [6.45, 7) is 0. The van der Waals surface area contributed by atoms with Gasteiger partial charge in [0.2, 0.25) is 6.41 Å². The van der Waals surface area contributed by atoms with Crippen LogP contribution in [0.15, 0.2) is 53.7 Å². The Labute approximate surface area is 216 Å². The molecule has 6 heteroatoms.